The highest BCUT2D eigenvalue weighted by molar-refractivity contribution is 5.85. The number of ether oxygens (including phenoxy) is 1. The maximum absolute atomic E-state index is 11.3. The minimum Gasteiger partial charge on any atom is -0.481 e. The summed E-state index contributed by atoms with van der Waals surface area (Å²) in [5.41, 5.74) is 3.13. The predicted octanol–water partition coefficient (Wildman–Crippen LogP) is 3.62. The summed E-state index contributed by atoms with van der Waals surface area (Å²) in [6.07, 6.45) is 6.50. The SMILES string of the molecule is COc1ccc(C(CC(=O)O)Cc2nc(CCCc3ccc4c(n3)NCCC4)no2)cn1.Cl. The molecule has 176 valence electrons. The molecule has 0 fully saturated rings. The number of methoxy groups -OCH3 is 1. The van der Waals surface area contributed by atoms with Gasteiger partial charge in [-0.3, -0.25) is 4.79 Å². The van der Waals surface area contributed by atoms with Crippen molar-refractivity contribution in [1.29, 1.82) is 0 Å². The van der Waals surface area contributed by atoms with Crippen LogP contribution in [0.4, 0.5) is 5.82 Å². The molecule has 1 unspecified atom stereocenters. The highest BCUT2D eigenvalue weighted by Crippen LogP contribution is 2.25. The molecule has 4 rings (SSSR count). The number of hydrogen-bond donors (Lipinski definition) is 2. The average Bonchev–Trinajstić information content (AvgIpc) is 3.25. The van der Waals surface area contributed by atoms with E-state index in [4.69, 9.17) is 14.2 Å². The van der Waals surface area contributed by atoms with Gasteiger partial charge in [0.05, 0.1) is 13.5 Å². The van der Waals surface area contributed by atoms with E-state index in [-0.39, 0.29) is 24.7 Å². The summed E-state index contributed by atoms with van der Waals surface area (Å²) in [4.78, 5) is 24.7. The Labute approximate surface area is 198 Å². The summed E-state index contributed by atoms with van der Waals surface area (Å²) in [6.45, 7) is 0.977. The third-order valence-electron chi connectivity index (χ3n) is 5.58. The van der Waals surface area contributed by atoms with Crippen molar-refractivity contribution in [2.24, 2.45) is 0 Å². The summed E-state index contributed by atoms with van der Waals surface area (Å²) >= 11 is 0. The monoisotopic (exact) mass is 473 g/mol. The van der Waals surface area contributed by atoms with E-state index in [1.54, 1.807) is 12.3 Å². The standard InChI is InChI=1S/C23H27N5O4.ClH/c1-31-20-10-8-16(14-25-20)17(13-22(29)30)12-21-27-19(28-32-21)6-2-5-18-9-7-15-4-3-11-24-23(15)26-18;/h7-10,14,17H,2-6,11-13H2,1H3,(H,24,26)(H,29,30);1H. The molecule has 9 nitrogen and oxygen atoms in total. The Morgan fingerprint density at radius 3 is 2.88 bits per heavy atom. The van der Waals surface area contributed by atoms with Crippen LogP contribution in [0.25, 0.3) is 0 Å². The Balaban J connectivity index is 0.00000306. The van der Waals surface area contributed by atoms with Crippen LogP contribution >= 0.6 is 12.4 Å². The number of anilines is 1. The lowest BCUT2D eigenvalue weighted by atomic mass is 9.94. The summed E-state index contributed by atoms with van der Waals surface area (Å²) in [5, 5.41) is 16.7. The lowest BCUT2D eigenvalue weighted by Crippen LogP contribution is -2.14. The molecule has 1 atom stereocenters. The van der Waals surface area contributed by atoms with Gasteiger partial charge in [-0.25, -0.2) is 9.97 Å². The molecule has 33 heavy (non-hydrogen) atoms. The summed E-state index contributed by atoms with van der Waals surface area (Å²) < 4.78 is 10.5. The van der Waals surface area contributed by atoms with E-state index >= 15 is 0 Å². The lowest BCUT2D eigenvalue weighted by molar-refractivity contribution is -0.137. The van der Waals surface area contributed by atoms with Crippen LogP contribution in [0.15, 0.2) is 35.0 Å². The van der Waals surface area contributed by atoms with Crippen LogP contribution in [0, 0.1) is 0 Å². The number of carbonyl (C=O) groups is 1. The van der Waals surface area contributed by atoms with Crippen LogP contribution in [0.3, 0.4) is 0 Å². The van der Waals surface area contributed by atoms with Crippen molar-refractivity contribution in [3.63, 3.8) is 0 Å². The number of aliphatic carboxylic acids is 1. The molecular formula is C23H28ClN5O4. The van der Waals surface area contributed by atoms with Gasteiger partial charge in [-0.15, -0.1) is 12.4 Å². The summed E-state index contributed by atoms with van der Waals surface area (Å²) in [5.74, 6) is 1.33. The van der Waals surface area contributed by atoms with Crippen molar-refractivity contribution in [2.45, 2.75) is 50.9 Å². The van der Waals surface area contributed by atoms with Gasteiger partial charge in [0, 0.05) is 43.3 Å². The van der Waals surface area contributed by atoms with E-state index < -0.39 is 5.97 Å². The second-order valence-corrected chi connectivity index (χ2v) is 7.93. The molecular weight excluding hydrogens is 446 g/mol. The number of fused-ring (bicyclic) bond motifs is 1. The zero-order chi connectivity index (χ0) is 22.3. The molecule has 0 aromatic carbocycles. The van der Waals surface area contributed by atoms with E-state index in [1.165, 1.54) is 12.7 Å². The molecule has 0 saturated heterocycles. The number of hydrogen-bond acceptors (Lipinski definition) is 8. The maximum atomic E-state index is 11.3. The number of pyridine rings is 2. The van der Waals surface area contributed by atoms with Gasteiger partial charge in [0.25, 0.3) is 0 Å². The van der Waals surface area contributed by atoms with Gasteiger partial charge in [-0.05, 0) is 42.9 Å². The first-order chi connectivity index (χ1) is 15.6. The van der Waals surface area contributed by atoms with Crippen LogP contribution < -0.4 is 10.1 Å². The van der Waals surface area contributed by atoms with Gasteiger partial charge in [0.1, 0.15) is 5.82 Å². The molecule has 0 amide bonds. The van der Waals surface area contributed by atoms with Gasteiger partial charge >= 0.3 is 5.97 Å². The second-order valence-electron chi connectivity index (χ2n) is 7.93. The fourth-order valence-corrected chi connectivity index (χ4v) is 3.89. The van der Waals surface area contributed by atoms with E-state index in [0.717, 1.165) is 49.3 Å². The lowest BCUT2D eigenvalue weighted by Gasteiger charge is -2.17. The average molecular weight is 474 g/mol. The quantitative estimate of drug-likeness (QED) is 0.454. The molecule has 10 heteroatoms. The number of rotatable bonds is 10. The number of carboxylic acid groups (broad SMARTS) is 1. The molecule has 0 aliphatic carbocycles. The predicted molar refractivity (Wildman–Crippen MR) is 124 cm³/mol. The second kappa shape index (κ2) is 11.6. The largest absolute Gasteiger partial charge is 0.481 e. The molecule has 2 N–H and O–H groups in total. The number of aryl methyl sites for hydroxylation is 3. The Morgan fingerprint density at radius 2 is 2.12 bits per heavy atom. The molecule has 1 aliphatic heterocycles. The number of halogens is 1. The van der Waals surface area contributed by atoms with E-state index in [1.807, 2.05) is 6.07 Å². The van der Waals surface area contributed by atoms with E-state index in [2.05, 4.69) is 32.6 Å². The number of carboxylic acids is 1. The van der Waals surface area contributed by atoms with Crippen molar-refractivity contribution >= 4 is 24.2 Å². The van der Waals surface area contributed by atoms with Gasteiger partial charge in [-0.2, -0.15) is 4.98 Å². The third kappa shape index (κ3) is 6.64. The van der Waals surface area contributed by atoms with Crippen LogP contribution in [-0.4, -0.2) is 44.8 Å². The molecule has 3 aromatic rings. The van der Waals surface area contributed by atoms with Crippen molar-refractivity contribution in [2.75, 3.05) is 19.0 Å². The molecule has 0 bridgehead atoms. The minimum atomic E-state index is -0.891. The molecule has 3 aromatic heterocycles. The highest BCUT2D eigenvalue weighted by atomic mass is 35.5. The van der Waals surface area contributed by atoms with Crippen molar-refractivity contribution in [1.82, 2.24) is 20.1 Å². The Morgan fingerprint density at radius 1 is 1.24 bits per heavy atom. The van der Waals surface area contributed by atoms with E-state index in [9.17, 15) is 9.90 Å². The minimum absolute atomic E-state index is 0. The normalized spacial score (nSPS) is 13.4. The van der Waals surface area contributed by atoms with Crippen molar-refractivity contribution < 1.29 is 19.2 Å². The van der Waals surface area contributed by atoms with Crippen LogP contribution in [0.5, 0.6) is 5.88 Å². The van der Waals surface area contributed by atoms with Crippen molar-refractivity contribution in [3.8, 4) is 5.88 Å². The van der Waals surface area contributed by atoms with Crippen LogP contribution in [-0.2, 0) is 30.5 Å². The number of nitrogens with zero attached hydrogens (tertiary/aromatic N) is 4. The van der Waals surface area contributed by atoms with Crippen molar-refractivity contribution in [3.05, 3.63) is 59.0 Å². The van der Waals surface area contributed by atoms with Gasteiger partial charge in [0.15, 0.2) is 5.82 Å². The van der Waals surface area contributed by atoms with Gasteiger partial charge in [0.2, 0.25) is 11.8 Å². The summed E-state index contributed by atoms with van der Waals surface area (Å²) in [7, 11) is 1.54. The fourth-order valence-electron chi connectivity index (χ4n) is 3.89. The first-order valence-electron chi connectivity index (χ1n) is 10.9. The smallest absolute Gasteiger partial charge is 0.303 e. The first-order valence-corrected chi connectivity index (χ1v) is 10.9. The van der Waals surface area contributed by atoms with Crippen LogP contribution in [0.2, 0.25) is 0 Å². The molecule has 0 radical (unpaired) electrons. The Bertz CT molecular complexity index is 1060. The Hall–Kier alpha value is -3.20. The molecule has 0 spiro atoms. The summed E-state index contributed by atoms with van der Waals surface area (Å²) in [6, 6.07) is 7.78. The van der Waals surface area contributed by atoms with Gasteiger partial charge in [-0.1, -0.05) is 17.3 Å². The molecule has 4 heterocycles. The van der Waals surface area contributed by atoms with Gasteiger partial charge < -0.3 is 19.7 Å². The molecule has 1 aliphatic rings. The number of aromatic nitrogens is 4. The molecule has 0 saturated carbocycles. The fraction of sp³-hybridized carbons (Fsp3) is 0.435. The zero-order valence-corrected chi connectivity index (χ0v) is 19.3. The van der Waals surface area contributed by atoms with Crippen LogP contribution in [0.1, 0.15) is 53.7 Å². The highest BCUT2D eigenvalue weighted by Gasteiger charge is 2.20. The number of nitrogens with one attached hydrogen (secondary N) is 1. The Kier molecular flexibility index (Phi) is 8.59. The maximum Gasteiger partial charge on any atom is 0.303 e. The third-order valence-corrected chi connectivity index (χ3v) is 5.58. The topological polar surface area (TPSA) is 123 Å². The van der Waals surface area contributed by atoms with E-state index in [0.29, 0.717) is 30.4 Å². The first kappa shape index (κ1) is 24.4. The zero-order valence-electron chi connectivity index (χ0n) is 18.5.